The SMILES string of the molecule is C1=COC2(C=C3C(=Cc4c3ccc3c4ccc4ccccc43)O2)C1. The molecule has 2 heteroatoms. The van der Waals surface area contributed by atoms with E-state index in [-0.39, 0.29) is 0 Å². The van der Waals surface area contributed by atoms with E-state index in [9.17, 15) is 0 Å². The van der Waals surface area contributed by atoms with Gasteiger partial charge in [-0.25, -0.2) is 0 Å². The highest BCUT2D eigenvalue weighted by atomic mass is 16.7. The summed E-state index contributed by atoms with van der Waals surface area (Å²) in [6, 6.07) is 17.4. The second-order valence-corrected chi connectivity index (χ2v) is 6.58. The van der Waals surface area contributed by atoms with Crippen LogP contribution in [0.4, 0.5) is 0 Å². The topological polar surface area (TPSA) is 18.5 Å². The number of allylic oxidation sites excluding steroid dienone is 1. The van der Waals surface area contributed by atoms with Gasteiger partial charge in [0.2, 0.25) is 0 Å². The average Bonchev–Trinajstić information content (AvgIpc) is 3.30. The molecule has 0 radical (unpaired) electrons. The van der Waals surface area contributed by atoms with Gasteiger partial charge in [-0.15, -0.1) is 0 Å². The molecule has 1 unspecified atom stereocenters. The molecular formula is C22H14O2. The maximum Gasteiger partial charge on any atom is 0.274 e. The number of hydrogen-bond donors (Lipinski definition) is 0. The molecule has 0 bridgehead atoms. The fourth-order valence-corrected chi connectivity index (χ4v) is 4.09. The first kappa shape index (κ1) is 12.4. The Bertz CT molecular complexity index is 1120. The van der Waals surface area contributed by atoms with Crippen molar-refractivity contribution in [3.05, 3.63) is 83.8 Å². The Kier molecular flexibility index (Phi) is 2.12. The normalized spacial score (nSPS) is 23.2. The van der Waals surface area contributed by atoms with Crippen molar-refractivity contribution < 1.29 is 9.47 Å². The van der Waals surface area contributed by atoms with E-state index in [4.69, 9.17) is 9.47 Å². The number of benzene rings is 3. The van der Waals surface area contributed by atoms with Crippen molar-refractivity contribution in [3.63, 3.8) is 0 Å². The lowest BCUT2D eigenvalue weighted by molar-refractivity contribution is -0.114. The van der Waals surface area contributed by atoms with Crippen LogP contribution >= 0.6 is 0 Å². The molecule has 3 aliphatic rings. The molecule has 0 N–H and O–H groups in total. The van der Waals surface area contributed by atoms with Crippen LogP contribution in [0.15, 0.2) is 72.7 Å². The summed E-state index contributed by atoms with van der Waals surface area (Å²) in [4.78, 5) is 0. The number of ether oxygens (including phenoxy) is 2. The van der Waals surface area contributed by atoms with Crippen molar-refractivity contribution in [3.8, 4) is 0 Å². The predicted molar refractivity (Wildman–Crippen MR) is 96.1 cm³/mol. The summed E-state index contributed by atoms with van der Waals surface area (Å²) in [6.07, 6.45) is 8.78. The molecule has 0 amide bonds. The molecule has 2 aliphatic heterocycles. The van der Waals surface area contributed by atoms with Crippen molar-refractivity contribution >= 4 is 33.2 Å². The number of fused-ring (bicyclic) bond motifs is 7. The van der Waals surface area contributed by atoms with Gasteiger partial charge in [-0.3, -0.25) is 0 Å². The van der Waals surface area contributed by atoms with E-state index in [0.717, 1.165) is 17.8 Å². The van der Waals surface area contributed by atoms with Gasteiger partial charge in [-0.05, 0) is 44.8 Å². The molecule has 24 heavy (non-hydrogen) atoms. The van der Waals surface area contributed by atoms with E-state index in [0.29, 0.717) is 0 Å². The third-order valence-corrected chi connectivity index (χ3v) is 5.21. The van der Waals surface area contributed by atoms with Gasteiger partial charge in [0.15, 0.2) is 0 Å². The standard InChI is InChI=1S/C22H14O2/c1-2-5-15-14(4-1)6-7-17-16(15)8-9-18-19(17)12-21-20(18)13-22(24-21)10-3-11-23-22/h1-9,11-13H,10H2. The fourth-order valence-electron chi connectivity index (χ4n) is 4.09. The second kappa shape index (κ2) is 4.09. The number of hydrogen-bond acceptors (Lipinski definition) is 2. The molecule has 1 spiro atoms. The van der Waals surface area contributed by atoms with Crippen molar-refractivity contribution in [2.24, 2.45) is 0 Å². The summed E-state index contributed by atoms with van der Waals surface area (Å²) in [6.45, 7) is 0. The minimum atomic E-state index is -0.614. The van der Waals surface area contributed by atoms with Gasteiger partial charge < -0.3 is 9.47 Å². The molecule has 1 aliphatic carbocycles. The van der Waals surface area contributed by atoms with Crippen LogP contribution in [-0.2, 0) is 9.47 Å². The zero-order chi connectivity index (χ0) is 15.7. The molecule has 3 aromatic carbocycles. The Hall–Kier alpha value is -3.00. The molecule has 0 aromatic heterocycles. The third kappa shape index (κ3) is 1.46. The highest BCUT2D eigenvalue weighted by Gasteiger charge is 2.43. The number of rotatable bonds is 0. The third-order valence-electron chi connectivity index (χ3n) is 5.21. The van der Waals surface area contributed by atoms with Crippen LogP contribution < -0.4 is 0 Å². The van der Waals surface area contributed by atoms with E-state index in [1.165, 1.54) is 32.7 Å². The van der Waals surface area contributed by atoms with Crippen molar-refractivity contribution in [2.75, 3.05) is 0 Å². The molecule has 2 heterocycles. The molecular weight excluding hydrogens is 296 g/mol. The predicted octanol–water partition coefficient (Wildman–Crippen LogP) is 5.39. The molecule has 6 rings (SSSR count). The summed E-state index contributed by atoms with van der Waals surface area (Å²) < 4.78 is 11.8. The van der Waals surface area contributed by atoms with Gasteiger partial charge in [0.1, 0.15) is 5.76 Å². The van der Waals surface area contributed by atoms with E-state index in [2.05, 4.69) is 60.7 Å². The molecule has 0 saturated heterocycles. The molecule has 114 valence electrons. The van der Waals surface area contributed by atoms with Crippen LogP contribution in [0, 0.1) is 0 Å². The maximum atomic E-state index is 6.14. The molecule has 0 fully saturated rings. The van der Waals surface area contributed by atoms with Crippen LogP contribution in [0.25, 0.3) is 33.2 Å². The van der Waals surface area contributed by atoms with Crippen LogP contribution in [0.3, 0.4) is 0 Å². The molecule has 3 aromatic rings. The Morgan fingerprint density at radius 2 is 1.79 bits per heavy atom. The molecule has 0 saturated carbocycles. The van der Waals surface area contributed by atoms with E-state index in [1.807, 2.05) is 6.08 Å². The van der Waals surface area contributed by atoms with Crippen molar-refractivity contribution in [1.29, 1.82) is 0 Å². The largest absolute Gasteiger partial charge is 0.456 e. The molecule has 2 nitrogen and oxygen atoms in total. The van der Waals surface area contributed by atoms with Gasteiger partial charge in [0.05, 0.1) is 12.7 Å². The summed E-state index contributed by atoms with van der Waals surface area (Å²) in [5.74, 6) is 0.311. The Morgan fingerprint density at radius 3 is 2.71 bits per heavy atom. The van der Waals surface area contributed by atoms with E-state index in [1.54, 1.807) is 6.26 Å². The van der Waals surface area contributed by atoms with Crippen LogP contribution in [0.1, 0.15) is 17.5 Å². The average molecular weight is 310 g/mol. The van der Waals surface area contributed by atoms with Gasteiger partial charge >= 0.3 is 0 Å². The van der Waals surface area contributed by atoms with Gasteiger partial charge in [0, 0.05) is 11.6 Å². The lowest BCUT2D eigenvalue weighted by atomic mass is 9.95. The van der Waals surface area contributed by atoms with Crippen LogP contribution in [0.5, 0.6) is 0 Å². The van der Waals surface area contributed by atoms with Crippen molar-refractivity contribution in [1.82, 2.24) is 0 Å². The zero-order valence-corrected chi connectivity index (χ0v) is 13.0. The first-order chi connectivity index (χ1) is 11.8. The summed E-state index contributed by atoms with van der Waals surface area (Å²) in [5.41, 5.74) is 3.64. The van der Waals surface area contributed by atoms with E-state index < -0.39 is 5.79 Å². The van der Waals surface area contributed by atoms with Gasteiger partial charge in [-0.2, -0.15) is 0 Å². The first-order valence-corrected chi connectivity index (χ1v) is 8.25. The maximum absolute atomic E-state index is 6.14. The first-order valence-electron chi connectivity index (χ1n) is 8.25. The highest BCUT2D eigenvalue weighted by molar-refractivity contribution is 6.13. The summed E-state index contributed by atoms with van der Waals surface area (Å²) in [5, 5.41) is 5.13. The lowest BCUT2D eigenvalue weighted by Crippen LogP contribution is -2.24. The minimum Gasteiger partial charge on any atom is -0.456 e. The van der Waals surface area contributed by atoms with Gasteiger partial charge in [0.25, 0.3) is 5.79 Å². The molecule has 1 atom stereocenters. The monoisotopic (exact) mass is 310 g/mol. The Balaban J connectivity index is 1.62. The zero-order valence-electron chi connectivity index (χ0n) is 13.0. The minimum absolute atomic E-state index is 0.614. The van der Waals surface area contributed by atoms with E-state index >= 15 is 0 Å². The van der Waals surface area contributed by atoms with Gasteiger partial charge in [-0.1, -0.05) is 48.5 Å². The Labute approximate surface area is 139 Å². The van der Waals surface area contributed by atoms with Crippen LogP contribution in [0.2, 0.25) is 0 Å². The van der Waals surface area contributed by atoms with Crippen molar-refractivity contribution in [2.45, 2.75) is 12.2 Å². The Morgan fingerprint density at radius 1 is 0.875 bits per heavy atom. The highest BCUT2D eigenvalue weighted by Crippen LogP contribution is 2.49. The second-order valence-electron chi connectivity index (χ2n) is 6.58. The quantitative estimate of drug-likeness (QED) is 0.518. The lowest BCUT2D eigenvalue weighted by Gasteiger charge is -2.21. The fraction of sp³-hybridized carbons (Fsp3) is 0.0909. The summed E-state index contributed by atoms with van der Waals surface area (Å²) >= 11 is 0. The van der Waals surface area contributed by atoms with Crippen LogP contribution in [-0.4, -0.2) is 5.79 Å². The smallest absolute Gasteiger partial charge is 0.274 e. The summed E-state index contributed by atoms with van der Waals surface area (Å²) in [7, 11) is 0.